The lowest BCUT2D eigenvalue weighted by Gasteiger charge is -2.26. The summed E-state index contributed by atoms with van der Waals surface area (Å²) >= 11 is 0. The molecular weight excluding hydrogens is 214 g/mol. The van der Waals surface area contributed by atoms with Gasteiger partial charge in [-0.1, -0.05) is 12.2 Å². The van der Waals surface area contributed by atoms with Gasteiger partial charge >= 0.3 is 0 Å². The van der Waals surface area contributed by atoms with Gasteiger partial charge in [-0.05, 0) is 20.0 Å². The van der Waals surface area contributed by atoms with Crippen LogP contribution < -0.4 is 5.32 Å². The number of rotatable bonds is 7. The Morgan fingerprint density at radius 2 is 2.06 bits per heavy atom. The van der Waals surface area contributed by atoms with Gasteiger partial charge in [-0.3, -0.25) is 9.69 Å². The molecule has 1 atom stereocenters. The maximum absolute atomic E-state index is 12.1. The van der Waals surface area contributed by atoms with Crippen molar-refractivity contribution in [2.45, 2.75) is 12.5 Å². The number of hydrogen-bond donors (Lipinski definition) is 1. The highest BCUT2D eigenvalue weighted by Crippen LogP contribution is 2.06. The van der Waals surface area contributed by atoms with Crippen molar-refractivity contribution >= 4 is 5.91 Å². The summed E-state index contributed by atoms with van der Waals surface area (Å²) in [7, 11) is 2.01. The Hall–Kier alpha value is -1.13. The van der Waals surface area contributed by atoms with Crippen molar-refractivity contribution in [1.82, 2.24) is 15.1 Å². The Labute approximate surface area is 104 Å². The van der Waals surface area contributed by atoms with Crippen LogP contribution in [-0.2, 0) is 4.79 Å². The van der Waals surface area contributed by atoms with Crippen LogP contribution in [0.3, 0.4) is 0 Å². The molecule has 1 aliphatic rings. The summed E-state index contributed by atoms with van der Waals surface area (Å²) in [5.74, 6) is 0.138. The van der Waals surface area contributed by atoms with Crippen LogP contribution in [-0.4, -0.2) is 61.5 Å². The van der Waals surface area contributed by atoms with Gasteiger partial charge in [0.15, 0.2) is 0 Å². The van der Waals surface area contributed by atoms with Crippen molar-refractivity contribution in [3.63, 3.8) is 0 Å². The van der Waals surface area contributed by atoms with Crippen LogP contribution in [0.1, 0.15) is 6.42 Å². The summed E-state index contributed by atoms with van der Waals surface area (Å²) in [4.78, 5) is 15.9. The molecule has 96 valence electrons. The fourth-order valence-electron chi connectivity index (χ4n) is 2.05. The number of hydrogen-bond acceptors (Lipinski definition) is 3. The first kappa shape index (κ1) is 13.9. The smallest absolute Gasteiger partial charge is 0.237 e. The molecule has 4 heteroatoms. The van der Waals surface area contributed by atoms with Gasteiger partial charge in [0, 0.05) is 25.7 Å². The first-order valence-electron chi connectivity index (χ1n) is 6.09. The van der Waals surface area contributed by atoms with Gasteiger partial charge in [-0.25, -0.2) is 0 Å². The van der Waals surface area contributed by atoms with Gasteiger partial charge in [0.25, 0.3) is 0 Å². The fourth-order valence-corrected chi connectivity index (χ4v) is 2.05. The number of carbonyl (C=O) groups is 1. The second-order valence-corrected chi connectivity index (χ2v) is 4.44. The van der Waals surface area contributed by atoms with E-state index in [2.05, 4.69) is 23.4 Å². The standard InChI is InChI=1S/C13H23N3O/c1-4-8-16(9-5-2)13(17)11-15(3)12-6-7-14-10-12/h4-5,12,14H,1-2,6-11H2,3H3. The maximum atomic E-state index is 12.1. The highest BCUT2D eigenvalue weighted by Gasteiger charge is 2.22. The van der Waals surface area contributed by atoms with Crippen molar-refractivity contribution in [2.75, 3.05) is 39.8 Å². The molecule has 1 unspecified atom stereocenters. The molecule has 1 amide bonds. The largest absolute Gasteiger partial charge is 0.334 e. The SMILES string of the molecule is C=CCN(CC=C)C(=O)CN(C)C1CCNC1. The Morgan fingerprint density at radius 3 is 2.53 bits per heavy atom. The van der Waals surface area contributed by atoms with Crippen molar-refractivity contribution < 1.29 is 4.79 Å². The van der Waals surface area contributed by atoms with E-state index in [1.165, 1.54) is 0 Å². The van der Waals surface area contributed by atoms with Crippen molar-refractivity contribution in [1.29, 1.82) is 0 Å². The molecule has 0 aliphatic carbocycles. The fraction of sp³-hybridized carbons (Fsp3) is 0.615. The average molecular weight is 237 g/mol. The summed E-state index contributed by atoms with van der Waals surface area (Å²) in [6.07, 6.45) is 4.61. The summed E-state index contributed by atoms with van der Waals surface area (Å²) in [5.41, 5.74) is 0. The molecule has 0 bridgehead atoms. The molecule has 1 heterocycles. The van der Waals surface area contributed by atoms with Crippen LogP contribution in [0, 0.1) is 0 Å². The minimum absolute atomic E-state index is 0.138. The summed E-state index contributed by atoms with van der Waals surface area (Å²) in [6, 6.07) is 0.480. The Bertz CT molecular complexity index is 262. The molecule has 1 aliphatic heterocycles. The first-order valence-corrected chi connectivity index (χ1v) is 6.09. The minimum Gasteiger partial charge on any atom is -0.334 e. The van der Waals surface area contributed by atoms with E-state index >= 15 is 0 Å². The van der Waals surface area contributed by atoms with Gasteiger partial charge in [0.2, 0.25) is 5.91 Å². The number of nitrogens with one attached hydrogen (secondary N) is 1. The van der Waals surface area contributed by atoms with E-state index in [1.807, 2.05) is 7.05 Å². The van der Waals surface area contributed by atoms with Crippen molar-refractivity contribution in [3.05, 3.63) is 25.3 Å². The highest BCUT2D eigenvalue weighted by molar-refractivity contribution is 5.78. The summed E-state index contributed by atoms with van der Waals surface area (Å²) < 4.78 is 0. The topological polar surface area (TPSA) is 35.6 Å². The molecule has 0 aromatic rings. The monoisotopic (exact) mass is 237 g/mol. The zero-order valence-electron chi connectivity index (χ0n) is 10.7. The predicted molar refractivity (Wildman–Crippen MR) is 70.9 cm³/mol. The Balaban J connectivity index is 2.43. The lowest BCUT2D eigenvalue weighted by Crippen LogP contribution is -2.43. The van der Waals surface area contributed by atoms with Gasteiger partial charge in [0.1, 0.15) is 0 Å². The van der Waals surface area contributed by atoms with E-state index in [0.29, 0.717) is 25.7 Å². The van der Waals surface area contributed by atoms with Crippen LogP contribution >= 0.6 is 0 Å². The second kappa shape index (κ2) is 7.25. The van der Waals surface area contributed by atoms with Gasteiger partial charge in [-0.15, -0.1) is 13.2 Å². The summed E-state index contributed by atoms with van der Waals surface area (Å²) in [6.45, 7) is 11.0. The number of likely N-dealkylation sites (N-methyl/N-ethyl adjacent to an activating group) is 1. The van der Waals surface area contributed by atoms with Gasteiger partial charge in [0.05, 0.1) is 6.54 Å². The van der Waals surface area contributed by atoms with Crippen molar-refractivity contribution in [3.8, 4) is 0 Å². The van der Waals surface area contributed by atoms with Crippen LogP contribution in [0.2, 0.25) is 0 Å². The normalized spacial score (nSPS) is 19.3. The Kier molecular flexibility index (Phi) is 5.94. The average Bonchev–Trinajstić information content (AvgIpc) is 2.82. The predicted octanol–water partition coefficient (Wildman–Crippen LogP) is 0.481. The zero-order valence-corrected chi connectivity index (χ0v) is 10.7. The van der Waals surface area contributed by atoms with Crippen molar-refractivity contribution in [2.24, 2.45) is 0 Å². The quantitative estimate of drug-likeness (QED) is 0.654. The molecule has 0 aromatic carbocycles. The molecule has 1 saturated heterocycles. The van der Waals surface area contributed by atoms with E-state index < -0.39 is 0 Å². The maximum Gasteiger partial charge on any atom is 0.237 e. The summed E-state index contributed by atoms with van der Waals surface area (Å²) in [5, 5.41) is 3.31. The minimum atomic E-state index is 0.138. The van der Waals surface area contributed by atoms with Crippen LogP contribution in [0.15, 0.2) is 25.3 Å². The van der Waals surface area contributed by atoms with Crippen LogP contribution in [0.4, 0.5) is 0 Å². The molecule has 0 aromatic heterocycles. The molecule has 0 spiro atoms. The molecule has 0 radical (unpaired) electrons. The van der Waals surface area contributed by atoms with Crippen LogP contribution in [0.25, 0.3) is 0 Å². The molecule has 1 rings (SSSR count). The molecule has 4 nitrogen and oxygen atoms in total. The lowest BCUT2D eigenvalue weighted by molar-refractivity contribution is -0.131. The van der Waals surface area contributed by atoms with E-state index in [1.54, 1.807) is 17.1 Å². The van der Waals surface area contributed by atoms with E-state index in [4.69, 9.17) is 0 Å². The van der Waals surface area contributed by atoms with Crippen LogP contribution in [0.5, 0.6) is 0 Å². The zero-order chi connectivity index (χ0) is 12.7. The molecule has 1 fully saturated rings. The first-order chi connectivity index (χ1) is 8.19. The van der Waals surface area contributed by atoms with Gasteiger partial charge in [-0.2, -0.15) is 0 Å². The second-order valence-electron chi connectivity index (χ2n) is 4.44. The number of carbonyl (C=O) groups excluding carboxylic acids is 1. The third-order valence-electron chi connectivity index (χ3n) is 3.09. The number of amides is 1. The number of nitrogens with zero attached hydrogens (tertiary/aromatic N) is 2. The molecule has 0 saturated carbocycles. The molecule has 17 heavy (non-hydrogen) atoms. The Morgan fingerprint density at radius 1 is 1.41 bits per heavy atom. The molecular formula is C13H23N3O. The van der Waals surface area contributed by atoms with E-state index in [9.17, 15) is 4.79 Å². The third kappa shape index (κ3) is 4.32. The third-order valence-corrected chi connectivity index (χ3v) is 3.09. The van der Waals surface area contributed by atoms with Gasteiger partial charge < -0.3 is 10.2 Å². The van der Waals surface area contributed by atoms with E-state index in [-0.39, 0.29) is 5.91 Å². The highest BCUT2D eigenvalue weighted by atomic mass is 16.2. The van der Waals surface area contributed by atoms with E-state index in [0.717, 1.165) is 19.5 Å². The lowest BCUT2D eigenvalue weighted by atomic mass is 10.2. The molecule has 1 N–H and O–H groups in total.